The molecule has 6 nitrogen and oxygen atoms in total. The molecule has 3 aromatic rings. The van der Waals surface area contributed by atoms with Crippen LogP contribution in [0.1, 0.15) is 82.4 Å². The lowest BCUT2D eigenvalue weighted by atomic mass is 9.84. The highest BCUT2D eigenvalue weighted by atomic mass is 16.7. The molecule has 0 saturated heterocycles. The molecule has 0 bridgehead atoms. The van der Waals surface area contributed by atoms with Crippen molar-refractivity contribution in [2.24, 2.45) is 0 Å². The number of fused-ring (bicyclic) bond motifs is 1. The topological polar surface area (TPSA) is 65.4 Å². The predicted octanol–water partition coefficient (Wildman–Crippen LogP) is 7.32. The molecule has 2 aromatic carbocycles. The summed E-state index contributed by atoms with van der Waals surface area (Å²) in [6.07, 6.45) is 14.4. The first kappa shape index (κ1) is 26.5. The molecule has 2 heterocycles. The summed E-state index contributed by atoms with van der Waals surface area (Å²) in [5.74, 6) is 1.64. The van der Waals surface area contributed by atoms with Crippen molar-refractivity contribution in [2.75, 3.05) is 12.1 Å². The number of amides is 1. The molecule has 1 atom stereocenters. The first-order chi connectivity index (χ1) is 17.8. The Morgan fingerprint density at radius 1 is 1.19 bits per heavy atom. The molecule has 0 saturated carbocycles. The molecule has 4 rings (SSSR count). The summed E-state index contributed by atoms with van der Waals surface area (Å²) in [7, 11) is 0. The van der Waals surface area contributed by atoms with Crippen molar-refractivity contribution >= 4 is 17.7 Å². The van der Waals surface area contributed by atoms with Crippen LogP contribution in [0.5, 0.6) is 11.5 Å². The summed E-state index contributed by atoms with van der Waals surface area (Å²) < 4.78 is 13.4. The van der Waals surface area contributed by atoms with Gasteiger partial charge in [-0.2, -0.15) is 0 Å². The second-order valence-electron chi connectivity index (χ2n) is 10.7. The normalized spacial score (nSPS) is 13.7. The standard InChI is InChI=1S/C31H39N3O3/c1-5-6-7-11-24(25-12-8-13-28-30(25)37-22-36-28)20-29(35)33-27-19-23(14-15-26(27)31(2,3)4)10-9-17-34-18-16-32-21-34/h8-10,12-16,18-19,21,24H,5-7,11,17,20,22H2,1-4H3,(H,33,35)/b10-9+. The van der Waals surface area contributed by atoms with Gasteiger partial charge in [-0.3, -0.25) is 4.79 Å². The molecule has 1 N–H and O–H groups in total. The van der Waals surface area contributed by atoms with E-state index in [0.717, 1.165) is 66.1 Å². The number of hydrogen-bond acceptors (Lipinski definition) is 4. The summed E-state index contributed by atoms with van der Waals surface area (Å²) in [6, 6.07) is 12.3. The highest BCUT2D eigenvalue weighted by Gasteiger charge is 2.26. The minimum atomic E-state index is -0.104. The zero-order valence-corrected chi connectivity index (χ0v) is 22.5. The molecule has 1 aliphatic rings. The number of imidazole rings is 1. The molecular weight excluding hydrogens is 462 g/mol. The SMILES string of the molecule is CCCCCC(CC(=O)Nc1cc(/C=C/Cn2ccnc2)ccc1C(C)(C)C)c1cccc2c1OCO2. The largest absolute Gasteiger partial charge is 0.454 e. The number of unbranched alkanes of at least 4 members (excludes halogenated alkanes) is 2. The first-order valence-corrected chi connectivity index (χ1v) is 13.3. The van der Waals surface area contributed by atoms with Crippen molar-refractivity contribution in [3.63, 3.8) is 0 Å². The van der Waals surface area contributed by atoms with Gasteiger partial charge in [0.2, 0.25) is 12.7 Å². The zero-order valence-electron chi connectivity index (χ0n) is 22.5. The predicted molar refractivity (Wildman–Crippen MR) is 149 cm³/mol. The van der Waals surface area contributed by atoms with E-state index in [-0.39, 0.29) is 24.0 Å². The highest BCUT2D eigenvalue weighted by Crippen LogP contribution is 2.42. The molecule has 0 spiro atoms. The van der Waals surface area contributed by atoms with E-state index in [0.29, 0.717) is 6.42 Å². The number of allylic oxidation sites excluding steroid dienone is 1. The van der Waals surface area contributed by atoms with Crippen LogP contribution in [-0.4, -0.2) is 22.3 Å². The average Bonchev–Trinajstić information content (AvgIpc) is 3.55. The number of nitrogens with zero attached hydrogens (tertiary/aromatic N) is 2. The van der Waals surface area contributed by atoms with Gasteiger partial charge in [-0.1, -0.05) is 83.4 Å². The maximum absolute atomic E-state index is 13.5. The number of anilines is 1. The van der Waals surface area contributed by atoms with Crippen LogP contribution in [0.2, 0.25) is 0 Å². The molecule has 0 radical (unpaired) electrons. The van der Waals surface area contributed by atoms with E-state index in [9.17, 15) is 4.79 Å². The molecule has 1 aliphatic heterocycles. The summed E-state index contributed by atoms with van der Waals surface area (Å²) in [5.41, 5.74) is 4.00. The summed E-state index contributed by atoms with van der Waals surface area (Å²) in [4.78, 5) is 17.6. The Kier molecular flexibility index (Phi) is 8.70. The third-order valence-corrected chi connectivity index (χ3v) is 6.77. The van der Waals surface area contributed by atoms with E-state index < -0.39 is 0 Å². The Morgan fingerprint density at radius 2 is 2.05 bits per heavy atom. The second-order valence-corrected chi connectivity index (χ2v) is 10.7. The van der Waals surface area contributed by atoms with E-state index in [1.54, 1.807) is 12.5 Å². The summed E-state index contributed by atoms with van der Waals surface area (Å²) in [6.45, 7) is 9.69. The van der Waals surface area contributed by atoms with Crippen LogP contribution in [0, 0.1) is 0 Å². The monoisotopic (exact) mass is 501 g/mol. The van der Waals surface area contributed by atoms with E-state index in [2.05, 4.69) is 74.4 Å². The molecule has 1 unspecified atom stereocenters. The fraction of sp³-hybridized carbons (Fsp3) is 0.419. The lowest BCUT2D eigenvalue weighted by molar-refractivity contribution is -0.116. The number of carbonyl (C=O) groups excluding carboxylic acids is 1. The van der Waals surface area contributed by atoms with Gasteiger partial charge in [0.1, 0.15) is 0 Å². The Bertz CT molecular complexity index is 1210. The second kappa shape index (κ2) is 12.1. The third-order valence-electron chi connectivity index (χ3n) is 6.77. The fourth-order valence-electron chi connectivity index (χ4n) is 4.84. The fourth-order valence-corrected chi connectivity index (χ4v) is 4.84. The Morgan fingerprint density at radius 3 is 2.81 bits per heavy atom. The van der Waals surface area contributed by atoms with Gasteiger partial charge >= 0.3 is 0 Å². The number of carbonyl (C=O) groups is 1. The lowest BCUT2D eigenvalue weighted by Crippen LogP contribution is -2.20. The Labute approximate surface area is 220 Å². The van der Waals surface area contributed by atoms with Gasteiger partial charge < -0.3 is 19.4 Å². The van der Waals surface area contributed by atoms with Crippen LogP contribution in [0.15, 0.2) is 61.2 Å². The van der Waals surface area contributed by atoms with Gasteiger partial charge in [-0.25, -0.2) is 4.98 Å². The average molecular weight is 502 g/mol. The molecular formula is C31H39N3O3. The number of rotatable bonds is 11. The van der Waals surface area contributed by atoms with Gasteiger partial charge in [-0.15, -0.1) is 0 Å². The first-order valence-electron chi connectivity index (χ1n) is 13.3. The molecule has 0 aliphatic carbocycles. The van der Waals surface area contributed by atoms with Crippen molar-refractivity contribution in [3.05, 3.63) is 77.9 Å². The van der Waals surface area contributed by atoms with Gasteiger partial charge in [0.15, 0.2) is 11.5 Å². The van der Waals surface area contributed by atoms with Crippen LogP contribution in [0.4, 0.5) is 5.69 Å². The van der Waals surface area contributed by atoms with Crippen molar-refractivity contribution in [3.8, 4) is 11.5 Å². The minimum absolute atomic E-state index is 0.0167. The van der Waals surface area contributed by atoms with Crippen molar-refractivity contribution < 1.29 is 14.3 Å². The van der Waals surface area contributed by atoms with Gasteiger partial charge in [0, 0.05) is 36.6 Å². The molecule has 196 valence electrons. The number of nitrogens with one attached hydrogen (secondary N) is 1. The van der Waals surface area contributed by atoms with Crippen molar-refractivity contribution in [1.29, 1.82) is 0 Å². The van der Waals surface area contributed by atoms with Crippen LogP contribution >= 0.6 is 0 Å². The molecule has 1 aromatic heterocycles. The van der Waals surface area contributed by atoms with Gasteiger partial charge in [-0.05, 0) is 41.0 Å². The van der Waals surface area contributed by atoms with Gasteiger partial charge in [0.25, 0.3) is 0 Å². The van der Waals surface area contributed by atoms with E-state index in [4.69, 9.17) is 9.47 Å². The van der Waals surface area contributed by atoms with Crippen LogP contribution < -0.4 is 14.8 Å². The summed E-state index contributed by atoms with van der Waals surface area (Å²) in [5, 5.41) is 3.26. The molecule has 1 amide bonds. The maximum Gasteiger partial charge on any atom is 0.231 e. The maximum atomic E-state index is 13.5. The zero-order chi connectivity index (χ0) is 26.3. The highest BCUT2D eigenvalue weighted by molar-refractivity contribution is 5.92. The van der Waals surface area contributed by atoms with Gasteiger partial charge in [0.05, 0.1) is 6.33 Å². The number of para-hydroxylation sites is 1. The van der Waals surface area contributed by atoms with E-state index >= 15 is 0 Å². The van der Waals surface area contributed by atoms with Crippen molar-refractivity contribution in [2.45, 2.75) is 77.7 Å². The lowest BCUT2D eigenvalue weighted by Gasteiger charge is -2.24. The number of benzene rings is 2. The van der Waals surface area contributed by atoms with E-state index in [1.807, 2.05) is 22.9 Å². The molecule has 6 heteroatoms. The molecule has 37 heavy (non-hydrogen) atoms. The Balaban J connectivity index is 1.53. The minimum Gasteiger partial charge on any atom is -0.454 e. The summed E-state index contributed by atoms with van der Waals surface area (Å²) >= 11 is 0. The van der Waals surface area contributed by atoms with Crippen LogP contribution in [0.25, 0.3) is 6.08 Å². The number of hydrogen-bond donors (Lipinski definition) is 1. The van der Waals surface area contributed by atoms with Crippen molar-refractivity contribution in [1.82, 2.24) is 9.55 Å². The number of aromatic nitrogens is 2. The number of ether oxygens (including phenoxy) is 2. The van der Waals surface area contributed by atoms with Crippen LogP contribution in [-0.2, 0) is 16.8 Å². The quantitative estimate of drug-likeness (QED) is 0.280. The third kappa shape index (κ3) is 7.03. The van der Waals surface area contributed by atoms with E-state index in [1.165, 1.54) is 0 Å². The smallest absolute Gasteiger partial charge is 0.231 e. The Hall–Kier alpha value is -3.54. The van der Waals surface area contributed by atoms with Crippen LogP contribution in [0.3, 0.4) is 0 Å². The molecule has 0 fully saturated rings.